The third-order valence-corrected chi connectivity index (χ3v) is 4.52. The average Bonchev–Trinajstić information content (AvgIpc) is 2.58. The molecule has 3 heterocycles. The topological polar surface area (TPSA) is 37.6 Å². The quantitative estimate of drug-likeness (QED) is 0.730. The number of aromatic nitrogens is 2. The molecule has 1 aliphatic rings. The Morgan fingerprint density at radius 2 is 1.96 bits per heavy atom. The molecular weight excluding hydrogens is 286 g/mol. The first-order valence-corrected chi connectivity index (χ1v) is 7.98. The lowest BCUT2D eigenvalue weighted by Crippen LogP contribution is -2.36. The molecule has 0 amide bonds. The Labute approximate surface area is 135 Å². The van der Waals surface area contributed by atoms with Gasteiger partial charge in [0.15, 0.2) is 0 Å². The Morgan fingerprint density at radius 1 is 1.13 bits per heavy atom. The molecule has 23 heavy (non-hydrogen) atoms. The van der Waals surface area contributed by atoms with E-state index in [0.29, 0.717) is 6.54 Å². The van der Waals surface area contributed by atoms with Crippen molar-refractivity contribution in [3.8, 4) is 0 Å². The maximum Gasteiger partial charge on any atom is 0.262 e. The standard InChI is InChI=1S/C19H19N3O/c1-14-6-5-10-22-18(14)20-17-9-11-21(13-16(17)19(22)23)12-15-7-3-2-4-8-15/h2-8,10H,9,11-13H2,1H3. The second-order valence-electron chi connectivity index (χ2n) is 6.17. The van der Waals surface area contributed by atoms with Crippen LogP contribution in [0.3, 0.4) is 0 Å². The fourth-order valence-electron chi connectivity index (χ4n) is 3.29. The van der Waals surface area contributed by atoms with Gasteiger partial charge >= 0.3 is 0 Å². The number of fused-ring (bicyclic) bond motifs is 2. The molecule has 4 nitrogen and oxygen atoms in total. The smallest absolute Gasteiger partial charge is 0.262 e. The molecule has 4 heteroatoms. The van der Waals surface area contributed by atoms with Crippen LogP contribution in [0.5, 0.6) is 0 Å². The van der Waals surface area contributed by atoms with Gasteiger partial charge in [-0.2, -0.15) is 0 Å². The highest BCUT2D eigenvalue weighted by Gasteiger charge is 2.22. The molecule has 0 atom stereocenters. The summed E-state index contributed by atoms with van der Waals surface area (Å²) in [5, 5.41) is 0. The molecule has 0 radical (unpaired) electrons. The van der Waals surface area contributed by atoms with E-state index in [9.17, 15) is 4.79 Å². The van der Waals surface area contributed by atoms with Crippen molar-refractivity contribution < 1.29 is 0 Å². The first-order chi connectivity index (χ1) is 11.2. The molecule has 0 aliphatic carbocycles. The van der Waals surface area contributed by atoms with Crippen LogP contribution >= 0.6 is 0 Å². The van der Waals surface area contributed by atoms with E-state index in [1.165, 1.54) is 5.56 Å². The van der Waals surface area contributed by atoms with Crippen molar-refractivity contribution in [3.05, 3.63) is 81.4 Å². The van der Waals surface area contributed by atoms with Gasteiger partial charge in [-0.3, -0.25) is 14.1 Å². The van der Waals surface area contributed by atoms with Crippen molar-refractivity contribution >= 4 is 5.65 Å². The zero-order chi connectivity index (χ0) is 15.8. The lowest BCUT2D eigenvalue weighted by molar-refractivity contribution is 0.242. The van der Waals surface area contributed by atoms with Crippen LogP contribution in [0.1, 0.15) is 22.4 Å². The van der Waals surface area contributed by atoms with Gasteiger partial charge in [0.05, 0.1) is 11.3 Å². The van der Waals surface area contributed by atoms with E-state index >= 15 is 0 Å². The fraction of sp³-hybridized carbons (Fsp3) is 0.263. The summed E-state index contributed by atoms with van der Waals surface area (Å²) < 4.78 is 1.68. The number of rotatable bonds is 2. The Morgan fingerprint density at radius 3 is 2.78 bits per heavy atom. The summed E-state index contributed by atoms with van der Waals surface area (Å²) in [5.41, 5.74) is 4.99. The Balaban J connectivity index is 1.71. The summed E-state index contributed by atoms with van der Waals surface area (Å²) >= 11 is 0. The number of hydrogen-bond acceptors (Lipinski definition) is 3. The van der Waals surface area contributed by atoms with Crippen LogP contribution in [0.4, 0.5) is 0 Å². The number of benzene rings is 1. The lowest BCUT2D eigenvalue weighted by atomic mass is 10.1. The van der Waals surface area contributed by atoms with E-state index in [4.69, 9.17) is 4.98 Å². The Bertz CT molecular complexity index is 915. The summed E-state index contributed by atoms with van der Waals surface area (Å²) in [7, 11) is 0. The Kier molecular flexibility index (Phi) is 3.46. The minimum atomic E-state index is 0.0754. The predicted molar refractivity (Wildman–Crippen MR) is 90.5 cm³/mol. The fourth-order valence-corrected chi connectivity index (χ4v) is 3.29. The third-order valence-electron chi connectivity index (χ3n) is 4.52. The van der Waals surface area contributed by atoms with Gasteiger partial charge in [-0.05, 0) is 24.1 Å². The highest BCUT2D eigenvalue weighted by molar-refractivity contribution is 5.48. The van der Waals surface area contributed by atoms with Crippen molar-refractivity contribution in [1.82, 2.24) is 14.3 Å². The van der Waals surface area contributed by atoms with Crippen molar-refractivity contribution in [2.24, 2.45) is 0 Å². The van der Waals surface area contributed by atoms with Crippen LogP contribution in [-0.4, -0.2) is 20.8 Å². The van der Waals surface area contributed by atoms with Crippen molar-refractivity contribution in [2.75, 3.05) is 6.54 Å². The number of nitrogens with zero attached hydrogens (tertiary/aromatic N) is 3. The van der Waals surface area contributed by atoms with Crippen LogP contribution in [0, 0.1) is 6.92 Å². The molecule has 0 fully saturated rings. The average molecular weight is 305 g/mol. The summed E-state index contributed by atoms with van der Waals surface area (Å²) in [6, 6.07) is 14.3. The van der Waals surface area contributed by atoms with Crippen LogP contribution in [0.2, 0.25) is 0 Å². The van der Waals surface area contributed by atoms with Crippen LogP contribution in [0.15, 0.2) is 53.5 Å². The molecule has 3 aromatic rings. The van der Waals surface area contributed by atoms with Crippen LogP contribution in [-0.2, 0) is 19.5 Å². The molecule has 2 aromatic heterocycles. The molecule has 1 aromatic carbocycles. The summed E-state index contributed by atoms with van der Waals surface area (Å²) in [6.07, 6.45) is 2.65. The zero-order valence-corrected chi connectivity index (χ0v) is 13.2. The third kappa shape index (κ3) is 2.55. The minimum absolute atomic E-state index is 0.0754. The second kappa shape index (κ2) is 5.63. The number of hydrogen-bond donors (Lipinski definition) is 0. The molecule has 0 saturated carbocycles. The van der Waals surface area contributed by atoms with Crippen molar-refractivity contribution in [1.29, 1.82) is 0 Å². The highest BCUT2D eigenvalue weighted by atomic mass is 16.1. The zero-order valence-electron chi connectivity index (χ0n) is 13.2. The summed E-state index contributed by atoms with van der Waals surface area (Å²) in [4.78, 5) is 19.9. The van der Waals surface area contributed by atoms with Gasteiger partial charge in [0.2, 0.25) is 0 Å². The largest absolute Gasteiger partial charge is 0.294 e. The molecule has 0 unspecified atom stereocenters. The second-order valence-corrected chi connectivity index (χ2v) is 6.17. The van der Waals surface area contributed by atoms with Crippen molar-refractivity contribution in [3.63, 3.8) is 0 Å². The van der Waals surface area contributed by atoms with E-state index in [1.54, 1.807) is 4.40 Å². The van der Waals surface area contributed by atoms with Gasteiger partial charge in [0.1, 0.15) is 5.65 Å². The van der Waals surface area contributed by atoms with Crippen LogP contribution < -0.4 is 5.56 Å². The summed E-state index contributed by atoms with van der Waals surface area (Å²) in [6.45, 7) is 4.48. The molecule has 116 valence electrons. The van der Waals surface area contributed by atoms with Gasteiger partial charge in [-0.15, -0.1) is 0 Å². The predicted octanol–water partition coefficient (Wildman–Crippen LogP) is 2.56. The van der Waals surface area contributed by atoms with E-state index < -0.39 is 0 Å². The molecule has 1 aliphatic heterocycles. The molecule has 0 spiro atoms. The maximum absolute atomic E-state index is 12.8. The SMILES string of the molecule is Cc1cccn2c(=O)c3c(nc12)CCN(Cc1ccccc1)C3. The van der Waals surface area contributed by atoms with Gasteiger partial charge in [0.25, 0.3) is 5.56 Å². The first kappa shape index (κ1) is 14.2. The summed E-state index contributed by atoms with van der Waals surface area (Å²) in [5.74, 6) is 0. The van der Waals surface area contributed by atoms with E-state index in [0.717, 1.165) is 42.0 Å². The minimum Gasteiger partial charge on any atom is -0.294 e. The normalized spacial score (nSPS) is 14.8. The number of aryl methyl sites for hydroxylation is 1. The maximum atomic E-state index is 12.8. The van der Waals surface area contributed by atoms with E-state index in [-0.39, 0.29) is 5.56 Å². The van der Waals surface area contributed by atoms with Crippen LogP contribution in [0.25, 0.3) is 5.65 Å². The van der Waals surface area contributed by atoms with E-state index in [1.807, 2.05) is 31.3 Å². The van der Waals surface area contributed by atoms with Gasteiger partial charge in [-0.1, -0.05) is 36.4 Å². The van der Waals surface area contributed by atoms with Crippen molar-refractivity contribution in [2.45, 2.75) is 26.4 Å². The lowest BCUT2D eigenvalue weighted by Gasteiger charge is -2.28. The van der Waals surface area contributed by atoms with Gasteiger partial charge in [-0.25, -0.2) is 4.98 Å². The molecule has 4 rings (SSSR count). The van der Waals surface area contributed by atoms with Gasteiger partial charge in [0, 0.05) is 32.3 Å². The molecule has 0 saturated heterocycles. The molecule has 0 bridgehead atoms. The molecular formula is C19H19N3O. The first-order valence-electron chi connectivity index (χ1n) is 7.98. The van der Waals surface area contributed by atoms with Gasteiger partial charge < -0.3 is 0 Å². The molecule has 0 N–H and O–H groups in total. The highest BCUT2D eigenvalue weighted by Crippen LogP contribution is 2.18. The number of pyridine rings is 1. The monoisotopic (exact) mass is 305 g/mol. The van der Waals surface area contributed by atoms with E-state index in [2.05, 4.69) is 29.2 Å². The Hall–Kier alpha value is -2.46.